The monoisotopic (exact) mass is 335 g/mol. The van der Waals surface area contributed by atoms with Gasteiger partial charge in [0.15, 0.2) is 5.82 Å². The summed E-state index contributed by atoms with van der Waals surface area (Å²) in [4.78, 5) is 26.7. The van der Waals surface area contributed by atoms with Crippen molar-refractivity contribution in [2.45, 2.75) is 25.7 Å². The van der Waals surface area contributed by atoms with E-state index in [9.17, 15) is 4.79 Å². The fraction of sp³-hybridized carbons (Fsp3) is 0.278. The van der Waals surface area contributed by atoms with Crippen LogP contribution >= 0.6 is 0 Å². The predicted octanol–water partition coefficient (Wildman–Crippen LogP) is 2.61. The number of amides is 1. The molecule has 1 amide bonds. The van der Waals surface area contributed by atoms with E-state index in [2.05, 4.69) is 39.2 Å². The highest BCUT2D eigenvalue weighted by Crippen LogP contribution is 2.31. The van der Waals surface area contributed by atoms with E-state index in [1.165, 1.54) is 5.56 Å². The van der Waals surface area contributed by atoms with Gasteiger partial charge in [-0.05, 0) is 24.1 Å². The van der Waals surface area contributed by atoms with Crippen LogP contribution in [-0.4, -0.2) is 32.6 Å². The molecule has 1 aliphatic rings. The Morgan fingerprint density at radius 3 is 2.80 bits per heavy atom. The van der Waals surface area contributed by atoms with Crippen LogP contribution in [0.2, 0.25) is 0 Å². The first-order valence-corrected chi connectivity index (χ1v) is 8.24. The molecule has 0 saturated carbocycles. The molecule has 3 heterocycles. The summed E-state index contributed by atoms with van der Waals surface area (Å²) in [6.45, 7) is 2.65. The van der Waals surface area contributed by atoms with Crippen LogP contribution in [0.3, 0.4) is 0 Å². The predicted molar refractivity (Wildman–Crippen MR) is 90.9 cm³/mol. The Balaban J connectivity index is 1.53. The number of benzene rings is 1. The molecule has 1 aliphatic heterocycles. The number of rotatable bonds is 4. The summed E-state index contributed by atoms with van der Waals surface area (Å²) in [5.74, 6) is 0.829. The van der Waals surface area contributed by atoms with Crippen LogP contribution < -0.4 is 4.90 Å². The first-order chi connectivity index (χ1) is 12.2. The van der Waals surface area contributed by atoms with Crippen molar-refractivity contribution in [3.8, 4) is 11.6 Å². The molecule has 3 aromatic rings. The van der Waals surface area contributed by atoms with E-state index in [0.717, 1.165) is 12.1 Å². The van der Waals surface area contributed by atoms with Crippen molar-refractivity contribution in [1.82, 2.24) is 20.1 Å². The Morgan fingerprint density at radius 1 is 1.24 bits per heavy atom. The quantitative estimate of drug-likeness (QED) is 0.728. The minimum atomic E-state index is -0.0903. The normalized spacial score (nSPS) is 17.2. The fourth-order valence-electron chi connectivity index (χ4n) is 2.96. The Morgan fingerprint density at radius 2 is 2.08 bits per heavy atom. The third-order valence-corrected chi connectivity index (χ3v) is 4.37. The van der Waals surface area contributed by atoms with Gasteiger partial charge in [-0.25, -0.2) is 4.98 Å². The van der Waals surface area contributed by atoms with Crippen LogP contribution in [0.25, 0.3) is 11.6 Å². The number of anilines is 1. The van der Waals surface area contributed by atoms with Crippen LogP contribution in [0.5, 0.6) is 0 Å². The van der Waals surface area contributed by atoms with E-state index in [1.807, 2.05) is 12.1 Å². The van der Waals surface area contributed by atoms with Gasteiger partial charge >= 0.3 is 0 Å². The van der Waals surface area contributed by atoms with Crippen LogP contribution in [0.15, 0.2) is 47.4 Å². The lowest BCUT2D eigenvalue weighted by molar-refractivity contribution is -0.117. The summed E-state index contributed by atoms with van der Waals surface area (Å²) in [6.07, 6.45) is 6.07. The summed E-state index contributed by atoms with van der Waals surface area (Å²) < 4.78 is 5.28. The van der Waals surface area contributed by atoms with E-state index in [1.54, 1.807) is 23.5 Å². The molecule has 7 heteroatoms. The first kappa shape index (κ1) is 15.4. The molecule has 0 unspecified atom stereocenters. The average molecular weight is 335 g/mol. The summed E-state index contributed by atoms with van der Waals surface area (Å²) in [6, 6.07) is 8.08. The molecular formula is C18H17N5O2. The molecule has 7 nitrogen and oxygen atoms in total. The highest BCUT2D eigenvalue weighted by molar-refractivity contribution is 5.96. The lowest BCUT2D eigenvalue weighted by Crippen LogP contribution is -2.24. The number of hydrogen-bond donors (Lipinski definition) is 0. The molecule has 1 atom stereocenters. The molecule has 0 bridgehead atoms. The molecule has 126 valence electrons. The van der Waals surface area contributed by atoms with Crippen molar-refractivity contribution in [2.24, 2.45) is 0 Å². The van der Waals surface area contributed by atoms with Crippen molar-refractivity contribution in [3.05, 3.63) is 54.2 Å². The maximum absolute atomic E-state index is 12.4. The largest absolute Gasteiger partial charge is 0.332 e. The number of aryl methyl sites for hydroxylation is 1. The van der Waals surface area contributed by atoms with Gasteiger partial charge in [0.1, 0.15) is 5.69 Å². The van der Waals surface area contributed by atoms with Crippen molar-refractivity contribution in [1.29, 1.82) is 0 Å². The summed E-state index contributed by atoms with van der Waals surface area (Å²) >= 11 is 0. The summed E-state index contributed by atoms with van der Waals surface area (Å²) in [5, 5.41) is 4.03. The molecule has 0 spiro atoms. The molecule has 25 heavy (non-hydrogen) atoms. The molecule has 1 saturated heterocycles. The van der Waals surface area contributed by atoms with Crippen LogP contribution in [0, 0.1) is 0 Å². The van der Waals surface area contributed by atoms with Crippen molar-refractivity contribution >= 4 is 11.6 Å². The fourth-order valence-corrected chi connectivity index (χ4v) is 2.96. The van der Waals surface area contributed by atoms with E-state index in [4.69, 9.17) is 4.52 Å². The maximum Gasteiger partial charge on any atom is 0.278 e. The smallest absolute Gasteiger partial charge is 0.278 e. The van der Waals surface area contributed by atoms with Gasteiger partial charge in [-0.2, -0.15) is 4.98 Å². The molecule has 0 radical (unpaired) electrons. The van der Waals surface area contributed by atoms with Gasteiger partial charge in [0.25, 0.3) is 5.89 Å². The zero-order valence-electron chi connectivity index (χ0n) is 13.8. The SMILES string of the molecule is CCc1ccc(N2C[C@H](c3noc(-c4cnccn4)n3)CC2=O)cc1. The minimum Gasteiger partial charge on any atom is -0.332 e. The third kappa shape index (κ3) is 3.00. The van der Waals surface area contributed by atoms with Gasteiger partial charge in [0, 0.05) is 37.0 Å². The second-order valence-corrected chi connectivity index (χ2v) is 5.97. The van der Waals surface area contributed by atoms with Gasteiger partial charge in [-0.3, -0.25) is 9.78 Å². The van der Waals surface area contributed by atoms with Crippen molar-refractivity contribution < 1.29 is 9.32 Å². The lowest BCUT2D eigenvalue weighted by Gasteiger charge is -2.16. The molecule has 4 rings (SSSR count). The zero-order valence-corrected chi connectivity index (χ0v) is 13.8. The molecule has 2 aromatic heterocycles. The van der Waals surface area contributed by atoms with Gasteiger partial charge in [0.05, 0.1) is 6.20 Å². The van der Waals surface area contributed by atoms with Crippen LogP contribution in [-0.2, 0) is 11.2 Å². The Kier molecular flexibility index (Phi) is 3.97. The van der Waals surface area contributed by atoms with E-state index in [-0.39, 0.29) is 11.8 Å². The standard InChI is InChI=1S/C18H17N5O2/c1-2-12-3-5-14(6-4-12)23-11-13(9-16(23)24)17-21-18(25-22-17)15-10-19-7-8-20-15/h3-8,10,13H,2,9,11H2,1H3/t13-/m1/s1. The Labute approximate surface area is 144 Å². The first-order valence-electron chi connectivity index (χ1n) is 8.24. The molecule has 1 fully saturated rings. The average Bonchev–Trinajstić information content (AvgIpc) is 3.29. The number of hydrogen-bond acceptors (Lipinski definition) is 6. The lowest BCUT2D eigenvalue weighted by atomic mass is 10.1. The Bertz CT molecular complexity index is 876. The number of nitrogens with zero attached hydrogens (tertiary/aromatic N) is 5. The van der Waals surface area contributed by atoms with Gasteiger partial charge in [-0.15, -0.1) is 0 Å². The molecule has 0 N–H and O–H groups in total. The zero-order chi connectivity index (χ0) is 17.2. The number of aromatic nitrogens is 4. The van der Waals surface area contributed by atoms with Crippen molar-refractivity contribution in [3.63, 3.8) is 0 Å². The van der Waals surface area contributed by atoms with Crippen molar-refractivity contribution in [2.75, 3.05) is 11.4 Å². The highest BCUT2D eigenvalue weighted by atomic mass is 16.5. The molecular weight excluding hydrogens is 318 g/mol. The number of carbonyl (C=O) groups is 1. The van der Waals surface area contributed by atoms with E-state index in [0.29, 0.717) is 30.4 Å². The summed E-state index contributed by atoms with van der Waals surface area (Å²) in [7, 11) is 0. The van der Waals surface area contributed by atoms with Gasteiger partial charge < -0.3 is 9.42 Å². The van der Waals surface area contributed by atoms with Crippen LogP contribution in [0.4, 0.5) is 5.69 Å². The van der Waals surface area contributed by atoms with E-state index >= 15 is 0 Å². The summed E-state index contributed by atoms with van der Waals surface area (Å²) in [5.41, 5.74) is 2.68. The second kappa shape index (κ2) is 6.43. The molecule has 0 aliphatic carbocycles. The highest BCUT2D eigenvalue weighted by Gasteiger charge is 2.34. The van der Waals surface area contributed by atoms with E-state index < -0.39 is 0 Å². The van der Waals surface area contributed by atoms with Gasteiger partial charge in [-0.1, -0.05) is 24.2 Å². The second-order valence-electron chi connectivity index (χ2n) is 5.97. The third-order valence-electron chi connectivity index (χ3n) is 4.37. The molecule has 1 aromatic carbocycles. The minimum absolute atomic E-state index is 0.0695. The topological polar surface area (TPSA) is 85.0 Å². The van der Waals surface area contributed by atoms with Crippen LogP contribution in [0.1, 0.15) is 30.7 Å². The Hall–Kier alpha value is -3.09. The number of carbonyl (C=O) groups excluding carboxylic acids is 1. The maximum atomic E-state index is 12.4. The van der Waals surface area contributed by atoms with Gasteiger partial charge in [0.2, 0.25) is 5.91 Å².